The molecule has 0 aromatic heterocycles. The van der Waals surface area contributed by atoms with E-state index in [0.717, 1.165) is 89.9 Å². The highest BCUT2D eigenvalue weighted by Crippen LogP contribution is 2.18. The van der Waals surface area contributed by atoms with Gasteiger partial charge < -0.3 is 14.2 Å². The molecule has 0 aromatic carbocycles. The van der Waals surface area contributed by atoms with Gasteiger partial charge in [0.05, 0.1) is 0 Å². The number of esters is 3. The Bertz CT molecular complexity index is 1470. The summed E-state index contributed by atoms with van der Waals surface area (Å²) in [4.78, 5) is 38.4. The van der Waals surface area contributed by atoms with E-state index in [4.69, 9.17) is 14.2 Å². The maximum absolute atomic E-state index is 12.9. The molecule has 1 unspecified atom stereocenters. The number of carbonyl (C=O) groups is 3. The molecular formula is C74H132O6. The SMILES string of the molecule is CC/C=C\C/C=C\C/C=C\C/C=C\CCCCCCCCCCCCCCCCC(=O)OCC(COC(=O)CCCCCCCCCCCCCCCC)OC(=O)CCCCCCCCCCC/C=C\C/C=C\CCCCCCC. The summed E-state index contributed by atoms with van der Waals surface area (Å²) in [6, 6.07) is 0. The van der Waals surface area contributed by atoms with Gasteiger partial charge in [-0.2, -0.15) is 0 Å². The van der Waals surface area contributed by atoms with Gasteiger partial charge in [0.25, 0.3) is 0 Å². The molecule has 1 atom stereocenters. The second-order valence-electron chi connectivity index (χ2n) is 23.4. The molecule has 6 heteroatoms. The molecule has 0 bridgehead atoms. The maximum Gasteiger partial charge on any atom is 0.306 e. The van der Waals surface area contributed by atoms with E-state index in [1.54, 1.807) is 0 Å². The molecule has 0 saturated heterocycles. The average Bonchev–Trinajstić information content (AvgIpc) is 3.46. The van der Waals surface area contributed by atoms with Crippen molar-refractivity contribution in [2.75, 3.05) is 13.2 Å². The van der Waals surface area contributed by atoms with Gasteiger partial charge >= 0.3 is 17.9 Å². The number of carbonyl (C=O) groups excluding carboxylic acids is 3. The molecule has 0 radical (unpaired) electrons. The quantitative estimate of drug-likeness (QED) is 0.0261. The van der Waals surface area contributed by atoms with Crippen LogP contribution in [0.15, 0.2) is 72.9 Å². The molecule has 0 N–H and O–H groups in total. The van der Waals surface area contributed by atoms with E-state index in [2.05, 4.69) is 93.7 Å². The zero-order valence-corrected chi connectivity index (χ0v) is 53.3. The largest absolute Gasteiger partial charge is 0.462 e. The Morgan fingerprint density at radius 2 is 0.487 bits per heavy atom. The van der Waals surface area contributed by atoms with Crippen molar-refractivity contribution in [3.05, 3.63) is 72.9 Å². The van der Waals surface area contributed by atoms with Crippen LogP contribution in [-0.4, -0.2) is 37.2 Å². The van der Waals surface area contributed by atoms with Gasteiger partial charge in [-0.05, 0) is 89.9 Å². The van der Waals surface area contributed by atoms with Crippen LogP contribution in [0.5, 0.6) is 0 Å². The minimum Gasteiger partial charge on any atom is -0.462 e. The number of hydrogen-bond acceptors (Lipinski definition) is 6. The first kappa shape index (κ1) is 76.9. The molecule has 80 heavy (non-hydrogen) atoms. The number of hydrogen-bond donors (Lipinski definition) is 0. The first-order chi connectivity index (χ1) is 39.5. The van der Waals surface area contributed by atoms with E-state index < -0.39 is 6.10 Å². The lowest BCUT2D eigenvalue weighted by molar-refractivity contribution is -0.167. The van der Waals surface area contributed by atoms with Crippen LogP contribution in [0.3, 0.4) is 0 Å². The summed E-state index contributed by atoms with van der Waals surface area (Å²) >= 11 is 0. The van der Waals surface area contributed by atoms with Crippen LogP contribution in [0.2, 0.25) is 0 Å². The van der Waals surface area contributed by atoms with E-state index in [1.165, 1.54) is 231 Å². The predicted octanol–water partition coefficient (Wildman–Crippen LogP) is 24.1. The number of rotatable bonds is 64. The van der Waals surface area contributed by atoms with Gasteiger partial charge in [0, 0.05) is 19.3 Å². The van der Waals surface area contributed by atoms with E-state index in [9.17, 15) is 14.4 Å². The Kier molecular flexibility index (Phi) is 65.7. The zero-order valence-electron chi connectivity index (χ0n) is 53.3. The summed E-state index contributed by atoms with van der Waals surface area (Å²) in [5.41, 5.74) is 0. The highest BCUT2D eigenvalue weighted by molar-refractivity contribution is 5.71. The third-order valence-corrected chi connectivity index (χ3v) is 15.4. The van der Waals surface area contributed by atoms with Gasteiger partial charge in [0.15, 0.2) is 6.10 Å². The van der Waals surface area contributed by atoms with Crippen LogP contribution in [-0.2, 0) is 28.6 Å². The fourth-order valence-electron chi connectivity index (χ4n) is 10.2. The van der Waals surface area contributed by atoms with E-state index in [1.807, 2.05) is 0 Å². The van der Waals surface area contributed by atoms with Crippen LogP contribution >= 0.6 is 0 Å². The summed E-state index contributed by atoms with van der Waals surface area (Å²) in [5, 5.41) is 0. The number of unbranched alkanes of at least 4 members (excludes halogenated alkanes) is 41. The lowest BCUT2D eigenvalue weighted by Crippen LogP contribution is -2.30. The van der Waals surface area contributed by atoms with Crippen molar-refractivity contribution < 1.29 is 28.6 Å². The predicted molar refractivity (Wildman–Crippen MR) is 348 cm³/mol. The van der Waals surface area contributed by atoms with Crippen LogP contribution < -0.4 is 0 Å². The molecule has 0 heterocycles. The molecule has 0 aromatic rings. The van der Waals surface area contributed by atoms with E-state index >= 15 is 0 Å². The first-order valence-electron chi connectivity index (χ1n) is 34.9. The zero-order chi connectivity index (χ0) is 57.8. The number of ether oxygens (including phenoxy) is 3. The van der Waals surface area contributed by atoms with Crippen molar-refractivity contribution in [3.8, 4) is 0 Å². The van der Waals surface area contributed by atoms with Crippen molar-refractivity contribution in [1.29, 1.82) is 0 Å². The minimum atomic E-state index is -0.777. The third kappa shape index (κ3) is 65.7. The minimum absolute atomic E-state index is 0.0723. The van der Waals surface area contributed by atoms with Gasteiger partial charge in [-0.3, -0.25) is 14.4 Å². The fraction of sp³-hybridized carbons (Fsp3) is 0.797. The van der Waals surface area contributed by atoms with Crippen LogP contribution in [0.1, 0.15) is 361 Å². The second kappa shape index (κ2) is 68.3. The molecule has 0 fully saturated rings. The van der Waals surface area contributed by atoms with Crippen LogP contribution in [0, 0.1) is 0 Å². The molecule has 6 nitrogen and oxygen atoms in total. The molecule has 0 amide bonds. The second-order valence-corrected chi connectivity index (χ2v) is 23.4. The van der Waals surface area contributed by atoms with Crippen LogP contribution in [0.25, 0.3) is 0 Å². The summed E-state index contributed by atoms with van der Waals surface area (Å²) in [5.74, 6) is -0.855. The average molecular weight is 1120 g/mol. The Balaban J connectivity index is 4.27. The lowest BCUT2D eigenvalue weighted by atomic mass is 10.0. The summed E-state index contributed by atoms with van der Waals surface area (Å²) < 4.78 is 17.0. The molecular weight excluding hydrogens is 985 g/mol. The Morgan fingerprint density at radius 3 is 0.762 bits per heavy atom. The van der Waals surface area contributed by atoms with Gasteiger partial charge in [-0.15, -0.1) is 0 Å². The monoisotopic (exact) mass is 1120 g/mol. The number of allylic oxidation sites excluding steroid dienone is 12. The van der Waals surface area contributed by atoms with Gasteiger partial charge in [-0.1, -0.05) is 325 Å². The maximum atomic E-state index is 12.9. The van der Waals surface area contributed by atoms with Crippen molar-refractivity contribution >= 4 is 17.9 Å². The standard InChI is InChI=1S/C74H132O6/c1-4-7-10-13-16-19-22-25-28-30-32-34-35-36-37-38-39-41-42-44-46-49-52-55-58-61-64-67-73(76)79-70-71(69-78-72(75)66-63-60-57-54-51-48-27-24-21-18-15-12-9-6-3)80-74(77)68-65-62-59-56-53-50-47-45-43-40-33-31-29-26-23-20-17-14-11-8-5-2/h7,10,16,19,23,25-26,28,31-34,71H,4-6,8-9,11-15,17-18,20-22,24,27,29-30,35-70H2,1-3H3/b10-7-,19-16-,26-23-,28-25-,33-31-,34-32-. The fourth-order valence-corrected chi connectivity index (χ4v) is 10.2. The molecule has 0 rings (SSSR count). The normalized spacial score (nSPS) is 12.5. The summed E-state index contributed by atoms with van der Waals surface area (Å²) in [6.07, 6.45) is 89.2. The molecule has 0 aliphatic heterocycles. The third-order valence-electron chi connectivity index (χ3n) is 15.4. The highest BCUT2D eigenvalue weighted by atomic mass is 16.6. The Morgan fingerprint density at radius 1 is 0.263 bits per heavy atom. The molecule has 0 aliphatic carbocycles. The molecule has 0 saturated carbocycles. The van der Waals surface area contributed by atoms with Gasteiger partial charge in [0.1, 0.15) is 13.2 Å². The van der Waals surface area contributed by atoms with Gasteiger partial charge in [-0.25, -0.2) is 0 Å². The van der Waals surface area contributed by atoms with Crippen LogP contribution in [0.4, 0.5) is 0 Å². The molecule has 0 spiro atoms. The van der Waals surface area contributed by atoms with Crippen molar-refractivity contribution in [1.82, 2.24) is 0 Å². The van der Waals surface area contributed by atoms with E-state index in [0.29, 0.717) is 19.3 Å². The van der Waals surface area contributed by atoms with Gasteiger partial charge in [0.2, 0.25) is 0 Å². The van der Waals surface area contributed by atoms with Crippen molar-refractivity contribution in [3.63, 3.8) is 0 Å². The van der Waals surface area contributed by atoms with E-state index in [-0.39, 0.29) is 31.1 Å². The summed E-state index contributed by atoms with van der Waals surface area (Å²) in [7, 11) is 0. The topological polar surface area (TPSA) is 78.9 Å². The lowest BCUT2D eigenvalue weighted by Gasteiger charge is -2.18. The smallest absolute Gasteiger partial charge is 0.306 e. The van der Waals surface area contributed by atoms with Crippen molar-refractivity contribution in [2.24, 2.45) is 0 Å². The molecule has 0 aliphatic rings. The van der Waals surface area contributed by atoms with Crippen molar-refractivity contribution in [2.45, 2.75) is 367 Å². The Hall–Kier alpha value is -3.15. The molecule has 464 valence electrons. The summed E-state index contributed by atoms with van der Waals surface area (Å²) in [6.45, 7) is 6.57. The first-order valence-corrected chi connectivity index (χ1v) is 34.9. The highest BCUT2D eigenvalue weighted by Gasteiger charge is 2.19. The Labute approximate surface area is 497 Å².